The summed E-state index contributed by atoms with van der Waals surface area (Å²) in [5.41, 5.74) is 3.70. The van der Waals surface area contributed by atoms with Gasteiger partial charge in [0.05, 0.1) is 0 Å². The second kappa shape index (κ2) is 4.82. The molecule has 2 amide bonds. The van der Waals surface area contributed by atoms with Gasteiger partial charge in [0.2, 0.25) is 0 Å². The van der Waals surface area contributed by atoms with Crippen molar-refractivity contribution in [3.05, 3.63) is 34.9 Å². The van der Waals surface area contributed by atoms with E-state index in [-0.39, 0.29) is 6.03 Å². The van der Waals surface area contributed by atoms with E-state index in [4.69, 9.17) is 0 Å². The number of carbonyl (C=O) groups excluding carboxylic acids is 1. The Labute approximate surface area is 91.1 Å². The summed E-state index contributed by atoms with van der Waals surface area (Å²) < 4.78 is 0. The van der Waals surface area contributed by atoms with E-state index in [0.29, 0.717) is 6.54 Å². The fourth-order valence-electron chi connectivity index (χ4n) is 1.44. The van der Waals surface area contributed by atoms with Crippen molar-refractivity contribution >= 4 is 6.03 Å². The summed E-state index contributed by atoms with van der Waals surface area (Å²) in [7, 11) is 3.42. The Balaban J connectivity index is 2.73. The Morgan fingerprint density at radius 3 is 2.53 bits per heavy atom. The topological polar surface area (TPSA) is 32.3 Å². The van der Waals surface area contributed by atoms with Gasteiger partial charge in [-0.25, -0.2) is 4.79 Å². The second-order valence-electron chi connectivity index (χ2n) is 3.83. The number of hydrogen-bond acceptors (Lipinski definition) is 1. The van der Waals surface area contributed by atoms with Crippen LogP contribution >= 0.6 is 0 Å². The van der Waals surface area contributed by atoms with E-state index in [2.05, 4.69) is 37.4 Å². The Kier molecular flexibility index (Phi) is 3.72. The molecule has 0 aliphatic heterocycles. The minimum atomic E-state index is -0.0618. The maximum absolute atomic E-state index is 11.3. The monoisotopic (exact) mass is 206 g/mol. The molecular weight excluding hydrogens is 188 g/mol. The summed E-state index contributed by atoms with van der Waals surface area (Å²) in [5.74, 6) is 0. The number of rotatable bonds is 2. The molecule has 0 fully saturated rings. The third-order valence-electron chi connectivity index (χ3n) is 2.55. The van der Waals surface area contributed by atoms with Crippen LogP contribution in [0, 0.1) is 13.8 Å². The quantitative estimate of drug-likeness (QED) is 0.789. The molecule has 0 spiro atoms. The van der Waals surface area contributed by atoms with E-state index in [1.165, 1.54) is 11.1 Å². The van der Waals surface area contributed by atoms with Crippen LogP contribution in [0.15, 0.2) is 18.2 Å². The van der Waals surface area contributed by atoms with Gasteiger partial charge >= 0.3 is 6.03 Å². The molecule has 0 aliphatic rings. The van der Waals surface area contributed by atoms with Crippen LogP contribution in [-0.4, -0.2) is 25.0 Å². The fourth-order valence-corrected chi connectivity index (χ4v) is 1.44. The molecule has 0 atom stereocenters. The Bertz CT molecular complexity index is 361. The van der Waals surface area contributed by atoms with Gasteiger partial charge in [-0.2, -0.15) is 0 Å². The summed E-state index contributed by atoms with van der Waals surface area (Å²) in [6, 6.07) is 6.20. The lowest BCUT2D eigenvalue weighted by molar-refractivity contribution is 0.209. The standard InChI is InChI=1S/C12H18N2O/c1-9-5-6-11(7-10(9)2)8-14(4)12(15)13-3/h5-7H,8H2,1-4H3,(H,13,15). The molecule has 1 rings (SSSR count). The first-order valence-electron chi connectivity index (χ1n) is 5.03. The maximum atomic E-state index is 11.3. The first-order chi connectivity index (χ1) is 7.04. The number of carbonyl (C=O) groups is 1. The van der Waals surface area contributed by atoms with Crippen molar-refractivity contribution in [2.45, 2.75) is 20.4 Å². The van der Waals surface area contributed by atoms with Gasteiger partial charge < -0.3 is 10.2 Å². The molecular formula is C12H18N2O. The van der Waals surface area contributed by atoms with Crippen molar-refractivity contribution in [3.8, 4) is 0 Å². The van der Waals surface area contributed by atoms with Crippen molar-refractivity contribution in [1.82, 2.24) is 10.2 Å². The summed E-state index contributed by atoms with van der Waals surface area (Å²) >= 11 is 0. The predicted molar refractivity (Wildman–Crippen MR) is 61.8 cm³/mol. The molecule has 0 aromatic heterocycles. The lowest BCUT2D eigenvalue weighted by atomic mass is 10.1. The molecule has 1 N–H and O–H groups in total. The van der Waals surface area contributed by atoms with E-state index in [1.807, 2.05) is 0 Å². The smallest absolute Gasteiger partial charge is 0.317 e. The predicted octanol–water partition coefficient (Wildman–Crippen LogP) is 2.07. The lowest BCUT2D eigenvalue weighted by Crippen LogP contribution is -2.34. The van der Waals surface area contributed by atoms with Crippen LogP contribution in [0.1, 0.15) is 16.7 Å². The number of aryl methyl sites for hydroxylation is 2. The number of urea groups is 1. The van der Waals surface area contributed by atoms with Crippen LogP contribution in [0.25, 0.3) is 0 Å². The maximum Gasteiger partial charge on any atom is 0.317 e. The number of amides is 2. The van der Waals surface area contributed by atoms with Crippen molar-refractivity contribution in [1.29, 1.82) is 0 Å². The van der Waals surface area contributed by atoms with Gasteiger partial charge in [-0.3, -0.25) is 0 Å². The van der Waals surface area contributed by atoms with E-state index in [9.17, 15) is 4.79 Å². The van der Waals surface area contributed by atoms with Gasteiger partial charge in [-0.05, 0) is 30.5 Å². The minimum Gasteiger partial charge on any atom is -0.341 e. The van der Waals surface area contributed by atoms with Crippen molar-refractivity contribution in [2.75, 3.05) is 14.1 Å². The van der Waals surface area contributed by atoms with E-state index in [1.54, 1.807) is 19.0 Å². The molecule has 3 nitrogen and oxygen atoms in total. The van der Waals surface area contributed by atoms with Crippen LogP contribution in [0.3, 0.4) is 0 Å². The first-order valence-corrected chi connectivity index (χ1v) is 5.03. The van der Waals surface area contributed by atoms with Gasteiger partial charge in [0.15, 0.2) is 0 Å². The summed E-state index contributed by atoms with van der Waals surface area (Å²) in [6.45, 7) is 4.81. The zero-order valence-corrected chi connectivity index (χ0v) is 9.79. The molecule has 0 saturated carbocycles. The molecule has 0 bridgehead atoms. The molecule has 1 aromatic carbocycles. The minimum absolute atomic E-state index is 0.0618. The van der Waals surface area contributed by atoms with Gasteiger partial charge in [0.1, 0.15) is 0 Å². The average Bonchev–Trinajstić information content (AvgIpc) is 2.22. The van der Waals surface area contributed by atoms with Crippen LogP contribution in [0.4, 0.5) is 4.79 Å². The second-order valence-corrected chi connectivity index (χ2v) is 3.83. The molecule has 0 radical (unpaired) electrons. The highest BCUT2D eigenvalue weighted by atomic mass is 16.2. The summed E-state index contributed by atoms with van der Waals surface area (Å²) in [6.07, 6.45) is 0. The van der Waals surface area contributed by atoms with Crippen molar-refractivity contribution < 1.29 is 4.79 Å². The molecule has 0 saturated heterocycles. The Hall–Kier alpha value is -1.51. The van der Waals surface area contributed by atoms with E-state index in [0.717, 1.165) is 5.56 Å². The van der Waals surface area contributed by atoms with E-state index >= 15 is 0 Å². The molecule has 0 heterocycles. The number of benzene rings is 1. The number of hydrogen-bond donors (Lipinski definition) is 1. The van der Waals surface area contributed by atoms with Crippen LogP contribution < -0.4 is 5.32 Å². The number of nitrogens with one attached hydrogen (secondary N) is 1. The Morgan fingerprint density at radius 1 is 1.33 bits per heavy atom. The third-order valence-corrected chi connectivity index (χ3v) is 2.55. The van der Waals surface area contributed by atoms with Gasteiger partial charge in [-0.1, -0.05) is 18.2 Å². The first kappa shape index (κ1) is 11.6. The molecule has 82 valence electrons. The molecule has 0 aliphatic carbocycles. The third kappa shape index (κ3) is 2.98. The van der Waals surface area contributed by atoms with Crippen LogP contribution in [-0.2, 0) is 6.54 Å². The van der Waals surface area contributed by atoms with Gasteiger partial charge in [0, 0.05) is 20.6 Å². The van der Waals surface area contributed by atoms with Crippen molar-refractivity contribution in [3.63, 3.8) is 0 Å². The highest BCUT2D eigenvalue weighted by molar-refractivity contribution is 5.73. The molecule has 0 unspecified atom stereocenters. The molecule has 3 heteroatoms. The Morgan fingerprint density at radius 2 is 2.00 bits per heavy atom. The average molecular weight is 206 g/mol. The highest BCUT2D eigenvalue weighted by Crippen LogP contribution is 2.11. The van der Waals surface area contributed by atoms with E-state index < -0.39 is 0 Å². The summed E-state index contributed by atoms with van der Waals surface area (Å²) in [5, 5.41) is 2.60. The van der Waals surface area contributed by atoms with Crippen LogP contribution in [0.5, 0.6) is 0 Å². The van der Waals surface area contributed by atoms with Gasteiger partial charge in [0.25, 0.3) is 0 Å². The summed E-state index contributed by atoms with van der Waals surface area (Å²) in [4.78, 5) is 12.9. The zero-order chi connectivity index (χ0) is 11.4. The van der Waals surface area contributed by atoms with Crippen molar-refractivity contribution in [2.24, 2.45) is 0 Å². The fraction of sp³-hybridized carbons (Fsp3) is 0.417. The highest BCUT2D eigenvalue weighted by Gasteiger charge is 2.06. The van der Waals surface area contributed by atoms with Crippen LogP contribution in [0.2, 0.25) is 0 Å². The number of nitrogens with zero attached hydrogens (tertiary/aromatic N) is 1. The SMILES string of the molecule is CNC(=O)N(C)Cc1ccc(C)c(C)c1. The largest absolute Gasteiger partial charge is 0.341 e. The lowest BCUT2D eigenvalue weighted by Gasteiger charge is -2.17. The molecule has 1 aromatic rings. The normalized spacial score (nSPS) is 9.87. The zero-order valence-electron chi connectivity index (χ0n) is 9.79. The van der Waals surface area contributed by atoms with Gasteiger partial charge in [-0.15, -0.1) is 0 Å². The molecule has 15 heavy (non-hydrogen) atoms.